The van der Waals surface area contributed by atoms with Crippen molar-refractivity contribution in [1.82, 2.24) is 19.7 Å². The molecule has 0 atom stereocenters. The predicted molar refractivity (Wildman–Crippen MR) is 123 cm³/mol. The largest absolute Gasteiger partial charge is 0.481 e. The third kappa shape index (κ3) is 4.25. The van der Waals surface area contributed by atoms with Gasteiger partial charge < -0.3 is 15.3 Å². The third-order valence-corrected chi connectivity index (χ3v) is 5.71. The van der Waals surface area contributed by atoms with Crippen LogP contribution < -0.4 is 10.2 Å². The SMILES string of the molecule is O=C(O)CCNc1nc(N2CCc3ccccc3CC2)cc(-n2cc3ccccc3n2)n1. The Morgan fingerprint density at radius 2 is 1.66 bits per heavy atom. The van der Waals surface area contributed by atoms with Gasteiger partial charge in [0.1, 0.15) is 5.82 Å². The summed E-state index contributed by atoms with van der Waals surface area (Å²) in [5, 5.41) is 17.7. The highest BCUT2D eigenvalue weighted by Gasteiger charge is 2.18. The Kier molecular flexibility index (Phi) is 5.41. The fourth-order valence-corrected chi connectivity index (χ4v) is 4.04. The molecule has 1 aliphatic heterocycles. The first kappa shape index (κ1) is 20.0. The Morgan fingerprint density at radius 3 is 2.38 bits per heavy atom. The van der Waals surface area contributed by atoms with Crippen LogP contribution in [0.1, 0.15) is 17.5 Å². The zero-order valence-electron chi connectivity index (χ0n) is 17.6. The number of carboxylic acids is 1. The van der Waals surface area contributed by atoms with Crippen LogP contribution in [0.2, 0.25) is 0 Å². The summed E-state index contributed by atoms with van der Waals surface area (Å²) in [4.78, 5) is 22.5. The molecule has 4 aromatic rings. The molecule has 5 rings (SSSR count). The quantitative estimate of drug-likeness (QED) is 0.486. The van der Waals surface area contributed by atoms with E-state index in [2.05, 4.69) is 44.6 Å². The van der Waals surface area contributed by atoms with Gasteiger partial charge in [-0.25, -0.2) is 4.68 Å². The van der Waals surface area contributed by atoms with Gasteiger partial charge in [0.25, 0.3) is 0 Å². The van der Waals surface area contributed by atoms with Crippen molar-refractivity contribution in [3.63, 3.8) is 0 Å². The van der Waals surface area contributed by atoms with E-state index in [1.807, 2.05) is 36.5 Å². The molecule has 8 nitrogen and oxygen atoms in total. The number of carbonyl (C=O) groups is 1. The molecule has 0 aliphatic carbocycles. The van der Waals surface area contributed by atoms with E-state index in [-0.39, 0.29) is 13.0 Å². The van der Waals surface area contributed by atoms with Gasteiger partial charge in [-0.2, -0.15) is 15.1 Å². The van der Waals surface area contributed by atoms with E-state index in [9.17, 15) is 4.79 Å². The van der Waals surface area contributed by atoms with E-state index in [1.165, 1.54) is 11.1 Å². The Bertz CT molecular complexity index is 1210. The van der Waals surface area contributed by atoms with Crippen molar-refractivity contribution < 1.29 is 9.90 Å². The number of nitrogens with one attached hydrogen (secondary N) is 1. The fraction of sp³-hybridized carbons (Fsp3) is 0.250. The number of aliphatic carboxylic acids is 1. The summed E-state index contributed by atoms with van der Waals surface area (Å²) in [5.74, 6) is 0.989. The van der Waals surface area contributed by atoms with Crippen LogP contribution >= 0.6 is 0 Å². The van der Waals surface area contributed by atoms with Gasteiger partial charge in [-0.3, -0.25) is 4.79 Å². The van der Waals surface area contributed by atoms with Gasteiger partial charge >= 0.3 is 5.97 Å². The topological polar surface area (TPSA) is 96.2 Å². The molecule has 162 valence electrons. The zero-order valence-corrected chi connectivity index (χ0v) is 17.6. The highest BCUT2D eigenvalue weighted by atomic mass is 16.4. The number of carboxylic acid groups (broad SMARTS) is 1. The number of anilines is 2. The number of fused-ring (bicyclic) bond motifs is 2. The van der Waals surface area contributed by atoms with Crippen molar-refractivity contribution in [3.8, 4) is 5.82 Å². The minimum atomic E-state index is -0.863. The van der Waals surface area contributed by atoms with Crippen molar-refractivity contribution in [2.45, 2.75) is 19.3 Å². The Hall–Kier alpha value is -3.94. The highest BCUT2D eigenvalue weighted by molar-refractivity contribution is 5.78. The minimum absolute atomic E-state index is 0.00635. The molecule has 8 heteroatoms. The van der Waals surface area contributed by atoms with Crippen LogP contribution in [-0.2, 0) is 17.6 Å². The van der Waals surface area contributed by atoms with Gasteiger partial charge in [0.15, 0.2) is 5.82 Å². The minimum Gasteiger partial charge on any atom is -0.481 e. The summed E-state index contributed by atoms with van der Waals surface area (Å²) in [7, 11) is 0. The lowest BCUT2D eigenvalue weighted by atomic mass is 10.0. The predicted octanol–water partition coefficient (Wildman–Crippen LogP) is 3.31. The Labute approximate surface area is 185 Å². The summed E-state index contributed by atoms with van der Waals surface area (Å²) in [6.45, 7) is 1.96. The molecule has 0 fully saturated rings. The van der Waals surface area contributed by atoms with Crippen molar-refractivity contribution in [2.75, 3.05) is 29.9 Å². The smallest absolute Gasteiger partial charge is 0.305 e. The lowest BCUT2D eigenvalue weighted by molar-refractivity contribution is -0.136. The summed E-state index contributed by atoms with van der Waals surface area (Å²) in [6, 6.07) is 18.4. The third-order valence-electron chi connectivity index (χ3n) is 5.71. The highest BCUT2D eigenvalue weighted by Crippen LogP contribution is 2.23. The lowest BCUT2D eigenvalue weighted by Gasteiger charge is -2.22. The van der Waals surface area contributed by atoms with Gasteiger partial charge in [-0.05, 0) is 30.0 Å². The number of nitrogens with zero attached hydrogens (tertiary/aromatic N) is 5. The second-order valence-corrected chi connectivity index (χ2v) is 7.87. The van der Waals surface area contributed by atoms with Crippen molar-refractivity contribution in [2.24, 2.45) is 0 Å². The van der Waals surface area contributed by atoms with Crippen molar-refractivity contribution in [3.05, 3.63) is 71.9 Å². The van der Waals surface area contributed by atoms with E-state index < -0.39 is 5.97 Å². The number of benzene rings is 2. The molecule has 0 saturated heterocycles. The van der Waals surface area contributed by atoms with Gasteiger partial charge in [-0.1, -0.05) is 42.5 Å². The number of aromatic nitrogens is 4. The van der Waals surface area contributed by atoms with Gasteiger partial charge in [-0.15, -0.1) is 0 Å². The first-order valence-corrected chi connectivity index (χ1v) is 10.8. The lowest BCUT2D eigenvalue weighted by Crippen LogP contribution is -2.27. The normalized spacial score (nSPS) is 13.6. The monoisotopic (exact) mass is 428 g/mol. The van der Waals surface area contributed by atoms with E-state index >= 15 is 0 Å². The van der Waals surface area contributed by atoms with Crippen LogP contribution in [-0.4, -0.2) is 50.5 Å². The summed E-state index contributed by atoms with van der Waals surface area (Å²) >= 11 is 0. The maximum absolute atomic E-state index is 10.9. The Morgan fingerprint density at radius 1 is 0.969 bits per heavy atom. The maximum atomic E-state index is 10.9. The number of hydrogen-bond acceptors (Lipinski definition) is 6. The summed E-state index contributed by atoms with van der Waals surface area (Å²) < 4.78 is 1.75. The fourth-order valence-electron chi connectivity index (χ4n) is 4.04. The standard InChI is InChI=1S/C24H24N6O2/c31-23(32)9-12-25-24-26-21(29-13-10-17-5-1-2-6-18(17)11-14-29)15-22(27-24)30-16-19-7-3-4-8-20(19)28-30/h1-8,15-16H,9-14H2,(H,31,32)(H,25,26,27). The average molecular weight is 428 g/mol. The molecule has 0 saturated carbocycles. The first-order valence-electron chi connectivity index (χ1n) is 10.8. The van der Waals surface area contributed by atoms with E-state index in [1.54, 1.807) is 4.68 Å². The molecule has 0 unspecified atom stereocenters. The summed E-state index contributed by atoms with van der Waals surface area (Å²) in [6.07, 6.45) is 3.83. The molecule has 3 heterocycles. The first-order chi connectivity index (χ1) is 15.7. The molecular formula is C24H24N6O2. The molecule has 1 aliphatic rings. The van der Waals surface area contributed by atoms with E-state index in [0.29, 0.717) is 11.8 Å². The number of hydrogen-bond donors (Lipinski definition) is 2. The van der Waals surface area contributed by atoms with Crippen LogP contribution in [0.3, 0.4) is 0 Å². The molecule has 2 aromatic carbocycles. The molecular weight excluding hydrogens is 404 g/mol. The summed E-state index contributed by atoms with van der Waals surface area (Å²) in [5.41, 5.74) is 3.64. The van der Waals surface area contributed by atoms with Crippen LogP contribution in [0.15, 0.2) is 60.8 Å². The van der Waals surface area contributed by atoms with Crippen molar-refractivity contribution in [1.29, 1.82) is 0 Å². The average Bonchev–Trinajstić information content (AvgIpc) is 3.12. The second kappa shape index (κ2) is 8.66. The molecule has 0 bridgehead atoms. The van der Waals surface area contributed by atoms with E-state index in [0.717, 1.165) is 42.7 Å². The molecule has 2 aromatic heterocycles. The van der Waals surface area contributed by atoms with Crippen LogP contribution in [0.5, 0.6) is 0 Å². The van der Waals surface area contributed by atoms with Crippen LogP contribution in [0, 0.1) is 0 Å². The van der Waals surface area contributed by atoms with E-state index in [4.69, 9.17) is 10.1 Å². The molecule has 32 heavy (non-hydrogen) atoms. The van der Waals surface area contributed by atoms with Gasteiger partial charge in [0.2, 0.25) is 5.95 Å². The Balaban J connectivity index is 1.48. The second-order valence-electron chi connectivity index (χ2n) is 7.87. The number of rotatable bonds is 6. The van der Waals surface area contributed by atoms with Crippen molar-refractivity contribution >= 4 is 28.6 Å². The van der Waals surface area contributed by atoms with Gasteiger partial charge in [0, 0.05) is 37.3 Å². The van der Waals surface area contributed by atoms with Crippen LogP contribution in [0.25, 0.3) is 16.7 Å². The molecule has 0 amide bonds. The molecule has 0 radical (unpaired) electrons. The van der Waals surface area contributed by atoms with Gasteiger partial charge in [0.05, 0.1) is 11.9 Å². The molecule has 2 N–H and O–H groups in total. The van der Waals surface area contributed by atoms with Crippen LogP contribution in [0.4, 0.5) is 11.8 Å². The molecule has 0 spiro atoms. The zero-order chi connectivity index (χ0) is 21.9. The maximum Gasteiger partial charge on any atom is 0.305 e.